The van der Waals surface area contributed by atoms with E-state index in [1.165, 1.54) is 30.1 Å². The molecule has 0 spiro atoms. The average molecular weight is 383 g/mol. The first-order valence-electron chi connectivity index (χ1n) is 8.61. The number of anilines is 1. The molecule has 0 saturated heterocycles. The molecule has 3 rings (SSSR count). The lowest BCUT2D eigenvalue weighted by Crippen LogP contribution is -2.21. The van der Waals surface area contributed by atoms with Crippen LogP contribution in [0.1, 0.15) is 23.2 Å². The molecule has 0 fully saturated rings. The monoisotopic (exact) mass is 383 g/mol. The van der Waals surface area contributed by atoms with Gasteiger partial charge in [0.2, 0.25) is 5.91 Å². The summed E-state index contributed by atoms with van der Waals surface area (Å²) in [6, 6.07) is 10.6. The van der Waals surface area contributed by atoms with E-state index < -0.39 is 17.7 Å². The molecule has 0 aliphatic carbocycles. The number of fused-ring (bicyclic) bond motifs is 1. The van der Waals surface area contributed by atoms with Crippen molar-refractivity contribution in [3.8, 4) is 0 Å². The zero-order valence-corrected chi connectivity index (χ0v) is 15.1. The van der Waals surface area contributed by atoms with E-state index >= 15 is 0 Å². The Morgan fingerprint density at radius 3 is 2.79 bits per heavy atom. The van der Waals surface area contributed by atoms with Crippen LogP contribution < -0.4 is 10.9 Å². The molecule has 0 aliphatic heterocycles. The molecule has 0 atom stereocenters. The molecule has 0 unspecified atom stereocenters. The summed E-state index contributed by atoms with van der Waals surface area (Å²) in [4.78, 5) is 40.2. The van der Waals surface area contributed by atoms with Gasteiger partial charge < -0.3 is 10.1 Å². The number of benzene rings is 2. The van der Waals surface area contributed by atoms with E-state index in [1.54, 1.807) is 24.3 Å². The van der Waals surface area contributed by atoms with Crippen molar-refractivity contribution in [3.05, 3.63) is 70.5 Å². The number of halogens is 1. The van der Waals surface area contributed by atoms with Crippen LogP contribution in [0.2, 0.25) is 0 Å². The zero-order chi connectivity index (χ0) is 20.1. The topological polar surface area (TPSA) is 90.3 Å². The molecule has 0 aliphatic rings. The summed E-state index contributed by atoms with van der Waals surface area (Å²) in [5, 5.41) is 2.95. The second kappa shape index (κ2) is 8.43. The summed E-state index contributed by atoms with van der Waals surface area (Å²) in [6.07, 6.45) is 1.88. The number of carbonyl (C=O) groups excluding carboxylic acids is 2. The Balaban J connectivity index is 1.62. The van der Waals surface area contributed by atoms with Crippen LogP contribution in [0.3, 0.4) is 0 Å². The number of nitrogens with one attached hydrogen (secondary N) is 1. The molecule has 1 N–H and O–H groups in total. The molecular formula is C20H18FN3O4. The van der Waals surface area contributed by atoms with Crippen LogP contribution in [0.15, 0.2) is 53.6 Å². The third-order valence-electron chi connectivity index (χ3n) is 4.20. The number of esters is 1. The largest absolute Gasteiger partial charge is 0.465 e. The highest BCUT2D eigenvalue weighted by atomic mass is 19.1. The van der Waals surface area contributed by atoms with Crippen molar-refractivity contribution in [2.75, 3.05) is 12.4 Å². The second-order valence-electron chi connectivity index (χ2n) is 6.10. The van der Waals surface area contributed by atoms with Crippen molar-refractivity contribution in [2.24, 2.45) is 0 Å². The molecule has 1 aromatic heterocycles. The lowest BCUT2D eigenvalue weighted by Gasteiger charge is -2.09. The lowest BCUT2D eigenvalue weighted by atomic mass is 10.2. The molecule has 8 heteroatoms. The summed E-state index contributed by atoms with van der Waals surface area (Å²) in [5.41, 5.74) is 0.468. The van der Waals surface area contributed by atoms with Gasteiger partial charge in [-0.1, -0.05) is 12.1 Å². The predicted octanol–water partition coefficient (Wildman–Crippen LogP) is 2.74. The molecule has 2 aromatic carbocycles. The van der Waals surface area contributed by atoms with Gasteiger partial charge in [-0.2, -0.15) is 0 Å². The van der Waals surface area contributed by atoms with Crippen molar-refractivity contribution in [1.29, 1.82) is 0 Å². The number of nitrogens with zero attached hydrogens (tertiary/aromatic N) is 2. The van der Waals surface area contributed by atoms with Crippen molar-refractivity contribution < 1.29 is 18.7 Å². The fourth-order valence-electron chi connectivity index (χ4n) is 2.75. The highest BCUT2D eigenvalue weighted by molar-refractivity contribution is 5.94. The Hall–Kier alpha value is -3.55. The minimum absolute atomic E-state index is 0.0706. The number of para-hydroxylation sites is 1. The normalized spacial score (nSPS) is 10.6. The number of hydrogen-bond donors (Lipinski definition) is 1. The smallest absolute Gasteiger partial charge is 0.337 e. The number of methoxy groups -OCH3 is 1. The Morgan fingerprint density at radius 2 is 2.00 bits per heavy atom. The number of carbonyl (C=O) groups is 2. The minimum Gasteiger partial charge on any atom is -0.465 e. The first-order chi connectivity index (χ1) is 13.5. The van der Waals surface area contributed by atoms with Gasteiger partial charge in [0.1, 0.15) is 5.82 Å². The van der Waals surface area contributed by atoms with Gasteiger partial charge in [-0.25, -0.2) is 14.2 Å². The number of hydrogen-bond acceptors (Lipinski definition) is 5. The maximum absolute atomic E-state index is 13.9. The first-order valence-corrected chi connectivity index (χ1v) is 8.61. The van der Waals surface area contributed by atoms with Crippen LogP contribution >= 0.6 is 0 Å². The summed E-state index contributed by atoms with van der Waals surface area (Å²) >= 11 is 0. The van der Waals surface area contributed by atoms with Crippen molar-refractivity contribution >= 4 is 28.5 Å². The van der Waals surface area contributed by atoms with Crippen LogP contribution in [0.25, 0.3) is 10.9 Å². The molecule has 28 heavy (non-hydrogen) atoms. The third kappa shape index (κ3) is 4.22. The Morgan fingerprint density at radius 1 is 1.21 bits per heavy atom. The number of amides is 1. The molecule has 3 aromatic rings. The maximum Gasteiger partial charge on any atom is 0.337 e. The van der Waals surface area contributed by atoms with Gasteiger partial charge in [0.25, 0.3) is 5.56 Å². The summed E-state index contributed by atoms with van der Waals surface area (Å²) in [6.45, 7) is 0.300. The van der Waals surface area contributed by atoms with Gasteiger partial charge >= 0.3 is 5.97 Å². The Kier molecular flexibility index (Phi) is 5.78. The fraction of sp³-hybridized carbons (Fsp3) is 0.200. The number of aryl methyl sites for hydroxylation is 1. The van der Waals surface area contributed by atoms with Crippen molar-refractivity contribution in [1.82, 2.24) is 9.55 Å². The molecule has 0 saturated carbocycles. The van der Waals surface area contributed by atoms with E-state index in [9.17, 15) is 18.8 Å². The third-order valence-corrected chi connectivity index (χ3v) is 4.20. The highest BCUT2D eigenvalue weighted by Gasteiger charge is 2.12. The van der Waals surface area contributed by atoms with Crippen LogP contribution in [0, 0.1) is 5.82 Å². The highest BCUT2D eigenvalue weighted by Crippen LogP contribution is 2.17. The Bertz CT molecular complexity index is 1090. The summed E-state index contributed by atoms with van der Waals surface area (Å²) in [5.74, 6) is -1.71. The number of aromatic nitrogens is 2. The van der Waals surface area contributed by atoms with Gasteiger partial charge in [0, 0.05) is 13.0 Å². The van der Waals surface area contributed by atoms with E-state index in [0.29, 0.717) is 23.9 Å². The molecular weight excluding hydrogens is 365 g/mol. The second-order valence-corrected chi connectivity index (χ2v) is 6.10. The molecule has 1 amide bonds. The van der Waals surface area contributed by atoms with Crippen LogP contribution in [-0.2, 0) is 16.1 Å². The molecule has 0 bridgehead atoms. The van der Waals surface area contributed by atoms with E-state index in [1.807, 2.05) is 0 Å². The van der Waals surface area contributed by atoms with E-state index in [0.717, 1.165) is 6.07 Å². The fourth-order valence-corrected chi connectivity index (χ4v) is 2.75. The van der Waals surface area contributed by atoms with Crippen LogP contribution in [0.5, 0.6) is 0 Å². The Labute approximate surface area is 159 Å². The number of ether oxygens (including phenoxy) is 1. The predicted molar refractivity (Wildman–Crippen MR) is 102 cm³/mol. The SMILES string of the molecule is COC(=O)c1ccc(F)c(NC(=O)CCCn2cnc3ccccc3c2=O)c1. The number of rotatable bonds is 6. The minimum atomic E-state index is -0.657. The van der Waals surface area contributed by atoms with Gasteiger partial charge in [0.15, 0.2) is 0 Å². The average Bonchev–Trinajstić information content (AvgIpc) is 2.71. The zero-order valence-electron chi connectivity index (χ0n) is 15.1. The van der Waals surface area contributed by atoms with Gasteiger partial charge in [-0.15, -0.1) is 0 Å². The molecule has 1 heterocycles. The van der Waals surface area contributed by atoms with Crippen molar-refractivity contribution in [2.45, 2.75) is 19.4 Å². The quantitative estimate of drug-likeness (QED) is 0.661. The van der Waals surface area contributed by atoms with Crippen LogP contribution in [0.4, 0.5) is 10.1 Å². The molecule has 0 radical (unpaired) electrons. The maximum atomic E-state index is 13.9. The van der Waals surface area contributed by atoms with E-state index in [-0.39, 0.29) is 23.2 Å². The van der Waals surface area contributed by atoms with Gasteiger partial charge in [-0.05, 0) is 36.8 Å². The first kappa shape index (κ1) is 19.2. The molecule has 144 valence electrons. The summed E-state index contributed by atoms with van der Waals surface area (Å²) < 4.78 is 19.9. The van der Waals surface area contributed by atoms with Crippen LogP contribution in [-0.4, -0.2) is 28.5 Å². The molecule has 7 nitrogen and oxygen atoms in total. The van der Waals surface area contributed by atoms with E-state index in [4.69, 9.17) is 0 Å². The lowest BCUT2D eigenvalue weighted by molar-refractivity contribution is -0.116. The van der Waals surface area contributed by atoms with Gasteiger partial charge in [0.05, 0.1) is 35.6 Å². The van der Waals surface area contributed by atoms with Crippen molar-refractivity contribution in [3.63, 3.8) is 0 Å². The van der Waals surface area contributed by atoms with E-state index in [2.05, 4.69) is 15.0 Å². The summed E-state index contributed by atoms with van der Waals surface area (Å²) in [7, 11) is 1.22. The van der Waals surface area contributed by atoms with Gasteiger partial charge in [-0.3, -0.25) is 14.2 Å². The standard InChI is InChI=1S/C20H18FN3O4/c1-28-20(27)13-8-9-15(21)17(11-13)23-18(25)7-4-10-24-12-22-16-6-3-2-5-14(16)19(24)26/h2-3,5-6,8-9,11-12H,4,7,10H2,1H3,(H,23,25).